The lowest BCUT2D eigenvalue weighted by Gasteiger charge is -2.21. The summed E-state index contributed by atoms with van der Waals surface area (Å²) >= 11 is 0. The maximum atomic E-state index is 11.4. The van der Waals surface area contributed by atoms with Crippen LogP contribution < -0.4 is 5.32 Å². The Labute approximate surface area is 76.4 Å². The minimum absolute atomic E-state index is 0.194. The normalized spacial score (nSPS) is 25.5. The summed E-state index contributed by atoms with van der Waals surface area (Å²) in [4.78, 5) is 11.4. The molecule has 1 amide bonds. The zero-order valence-corrected chi connectivity index (χ0v) is 7.37. The van der Waals surface area contributed by atoms with E-state index in [1.165, 1.54) is 0 Å². The second kappa shape index (κ2) is 2.57. The fourth-order valence-electron chi connectivity index (χ4n) is 1.64. The highest BCUT2D eigenvalue weighted by molar-refractivity contribution is 5.99. The number of nitrogens with one attached hydrogen (secondary N) is 1. The van der Waals surface area contributed by atoms with Crippen molar-refractivity contribution in [1.29, 1.82) is 0 Å². The molecule has 3 nitrogen and oxygen atoms in total. The number of amides is 1. The quantitative estimate of drug-likeness (QED) is 0.672. The van der Waals surface area contributed by atoms with Gasteiger partial charge >= 0.3 is 0 Å². The fourth-order valence-corrected chi connectivity index (χ4v) is 1.64. The number of hydrogen-bond donors (Lipinski definition) is 2. The largest absolute Gasteiger partial charge is 0.367 e. The van der Waals surface area contributed by atoms with E-state index < -0.39 is 5.72 Å². The summed E-state index contributed by atoms with van der Waals surface area (Å²) < 4.78 is 0. The van der Waals surface area contributed by atoms with Crippen molar-refractivity contribution in [3.05, 3.63) is 35.4 Å². The maximum Gasteiger partial charge on any atom is 0.254 e. The van der Waals surface area contributed by atoms with Gasteiger partial charge in [-0.05, 0) is 12.5 Å². The second-order valence-electron chi connectivity index (χ2n) is 3.21. The molecule has 3 heteroatoms. The first-order valence-electron chi connectivity index (χ1n) is 4.32. The fraction of sp³-hybridized carbons (Fsp3) is 0.300. The number of fused-ring (bicyclic) bond motifs is 1. The molecule has 68 valence electrons. The number of carbonyl (C=O) groups excluding carboxylic acids is 1. The molecule has 0 bridgehead atoms. The third-order valence-corrected chi connectivity index (χ3v) is 2.45. The number of hydrogen-bond acceptors (Lipinski definition) is 2. The summed E-state index contributed by atoms with van der Waals surface area (Å²) in [5, 5.41) is 12.6. The average molecular weight is 177 g/mol. The van der Waals surface area contributed by atoms with E-state index in [2.05, 4.69) is 5.32 Å². The molecule has 2 rings (SSSR count). The predicted molar refractivity (Wildman–Crippen MR) is 48.1 cm³/mol. The lowest BCUT2D eigenvalue weighted by Crippen LogP contribution is -2.38. The summed E-state index contributed by atoms with van der Waals surface area (Å²) in [7, 11) is 0. The first-order valence-corrected chi connectivity index (χ1v) is 4.32. The van der Waals surface area contributed by atoms with Gasteiger partial charge in [-0.1, -0.05) is 25.1 Å². The lowest BCUT2D eigenvalue weighted by molar-refractivity contribution is 0.00969. The Hall–Kier alpha value is -1.35. The van der Waals surface area contributed by atoms with Crippen LogP contribution in [0, 0.1) is 0 Å². The number of benzene rings is 1. The van der Waals surface area contributed by atoms with E-state index in [1.54, 1.807) is 18.2 Å². The molecule has 1 aromatic carbocycles. The molecule has 1 atom stereocenters. The number of carbonyl (C=O) groups is 1. The Morgan fingerprint density at radius 2 is 2.15 bits per heavy atom. The molecule has 2 N–H and O–H groups in total. The Balaban J connectivity index is 2.59. The van der Waals surface area contributed by atoms with Gasteiger partial charge in [-0.3, -0.25) is 4.79 Å². The van der Waals surface area contributed by atoms with E-state index >= 15 is 0 Å². The van der Waals surface area contributed by atoms with Crippen molar-refractivity contribution in [1.82, 2.24) is 5.32 Å². The van der Waals surface area contributed by atoms with Gasteiger partial charge in [0.25, 0.3) is 5.91 Å². The summed E-state index contributed by atoms with van der Waals surface area (Å²) in [5.74, 6) is -0.194. The standard InChI is InChI=1S/C10H11NO2/c1-2-10(13)8-6-4-3-5-7(8)9(12)11-10/h3-6,13H,2H2,1H3,(H,11,12). The summed E-state index contributed by atoms with van der Waals surface area (Å²) in [6, 6.07) is 7.11. The minimum Gasteiger partial charge on any atom is -0.367 e. The van der Waals surface area contributed by atoms with Crippen molar-refractivity contribution in [2.75, 3.05) is 0 Å². The molecule has 0 spiro atoms. The zero-order valence-electron chi connectivity index (χ0n) is 7.37. The summed E-state index contributed by atoms with van der Waals surface area (Å²) in [6.45, 7) is 1.84. The van der Waals surface area contributed by atoms with Gasteiger partial charge in [0, 0.05) is 11.1 Å². The van der Waals surface area contributed by atoms with Crippen LogP contribution in [0.25, 0.3) is 0 Å². The van der Waals surface area contributed by atoms with Crippen molar-refractivity contribution < 1.29 is 9.90 Å². The highest BCUT2D eigenvalue weighted by Crippen LogP contribution is 2.30. The van der Waals surface area contributed by atoms with Gasteiger partial charge in [0.05, 0.1) is 0 Å². The molecular formula is C10H11NO2. The van der Waals surface area contributed by atoms with E-state index in [9.17, 15) is 9.90 Å². The first kappa shape index (κ1) is 8.26. The molecule has 0 saturated heterocycles. The molecular weight excluding hydrogens is 166 g/mol. The van der Waals surface area contributed by atoms with Gasteiger partial charge in [0.2, 0.25) is 0 Å². The molecule has 1 aromatic rings. The van der Waals surface area contributed by atoms with Crippen LogP contribution in [0.4, 0.5) is 0 Å². The molecule has 1 aliphatic rings. The van der Waals surface area contributed by atoms with Crippen LogP contribution in [0.3, 0.4) is 0 Å². The monoisotopic (exact) mass is 177 g/mol. The van der Waals surface area contributed by atoms with Crippen LogP contribution >= 0.6 is 0 Å². The predicted octanol–water partition coefficient (Wildman–Crippen LogP) is 0.985. The van der Waals surface area contributed by atoms with Crippen molar-refractivity contribution in [2.24, 2.45) is 0 Å². The van der Waals surface area contributed by atoms with E-state index in [1.807, 2.05) is 13.0 Å². The van der Waals surface area contributed by atoms with Crippen molar-refractivity contribution >= 4 is 5.91 Å². The van der Waals surface area contributed by atoms with Crippen LogP contribution in [0.5, 0.6) is 0 Å². The minimum atomic E-state index is -1.16. The second-order valence-corrected chi connectivity index (χ2v) is 3.21. The van der Waals surface area contributed by atoms with Gasteiger partial charge in [-0.15, -0.1) is 0 Å². The molecule has 0 radical (unpaired) electrons. The molecule has 0 saturated carbocycles. The molecule has 1 heterocycles. The molecule has 0 aliphatic carbocycles. The highest BCUT2D eigenvalue weighted by Gasteiger charge is 2.39. The van der Waals surface area contributed by atoms with Gasteiger partial charge in [0.15, 0.2) is 5.72 Å². The summed E-state index contributed by atoms with van der Waals surface area (Å²) in [5.41, 5.74) is 0.0996. The van der Waals surface area contributed by atoms with E-state index in [4.69, 9.17) is 0 Å². The van der Waals surface area contributed by atoms with Crippen molar-refractivity contribution in [3.63, 3.8) is 0 Å². The lowest BCUT2D eigenvalue weighted by atomic mass is 10.00. The Morgan fingerprint density at radius 1 is 1.46 bits per heavy atom. The topological polar surface area (TPSA) is 49.3 Å². The average Bonchev–Trinajstić information content (AvgIpc) is 2.42. The highest BCUT2D eigenvalue weighted by atomic mass is 16.3. The van der Waals surface area contributed by atoms with Gasteiger partial charge in [0.1, 0.15) is 0 Å². The van der Waals surface area contributed by atoms with Crippen molar-refractivity contribution in [2.45, 2.75) is 19.1 Å². The van der Waals surface area contributed by atoms with E-state index in [0.29, 0.717) is 17.5 Å². The van der Waals surface area contributed by atoms with Crippen molar-refractivity contribution in [3.8, 4) is 0 Å². The third-order valence-electron chi connectivity index (χ3n) is 2.45. The molecule has 1 unspecified atom stereocenters. The molecule has 13 heavy (non-hydrogen) atoms. The SMILES string of the molecule is CCC1(O)NC(=O)c2ccccc21. The Morgan fingerprint density at radius 3 is 2.85 bits per heavy atom. The molecule has 1 aliphatic heterocycles. The van der Waals surface area contributed by atoms with Crippen LogP contribution in [-0.2, 0) is 5.72 Å². The van der Waals surface area contributed by atoms with Crippen LogP contribution in [0.1, 0.15) is 29.3 Å². The van der Waals surface area contributed by atoms with Crippen LogP contribution in [0.2, 0.25) is 0 Å². The van der Waals surface area contributed by atoms with E-state index in [0.717, 1.165) is 0 Å². The first-order chi connectivity index (χ1) is 6.17. The third kappa shape index (κ3) is 1.04. The Bertz CT molecular complexity index is 362. The Kier molecular flexibility index (Phi) is 1.63. The maximum absolute atomic E-state index is 11.4. The molecule has 0 aromatic heterocycles. The van der Waals surface area contributed by atoms with Gasteiger partial charge in [-0.25, -0.2) is 0 Å². The number of rotatable bonds is 1. The molecule has 0 fully saturated rings. The smallest absolute Gasteiger partial charge is 0.254 e. The zero-order chi connectivity index (χ0) is 9.47. The van der Waals surface area contributed by atoms with Gasteiger partial charge < -0.3 is 10.4 Å². The van der Waals surface area contributed by atoms with Gasteiger partial charge in [-0.2, -0.15) is 0 Å². The number of aliphatic hydroxyl groups is 1. The van der Waals surface area contributed by atoms with Crippen LogP contribution in [-0.4, -0.2) is 11.0 Å². The summed E-state index contributed by atoms with van der Waals surface area (Å²) in [6.07, 6.45) is 0.482. The van der Waals surface area contributed by atoms with E-state index in [-0.39, 0.29) is 5.91 Å². The van der Waals surface area contributed by atoms with Crippen LogP contribution in [0.15, 0.2) is 24.3 Å².